The van der Waals surface area contributed by atoms with E-state index in [4.69, 9.17) is 28.0 Å². The number of carboxylic acids is 1. The molecular formula is C93H146N30O23S3. The number of amides is 19. The summed E-state index contributed by atoms with van der Waals surface area (Å²) in [4.78, 5) is 291. The van der Waals surface area contributed by atoms with Crippen LogP contribution in [0.3, 0.4) is 0 Å². The van der Waals surface area contributed by atoms with Gasteiger partial charge in [-0.15, -0.1) is 0 Å². The Kier molecular flexibility index (Phi) is 56.4. The fraction of sp³-hybridized carbons (Fsp3) is 0.570. The van der Waals surface area contributed by atoms with Gasteiger partial charge in [0.1, 0.15) is 103 Å². The van der Waals surface area contributed by atoms with Gasteiger partial charge >= 0.3 is 5.97 Å². The number of H-pyrrole nitrogens is 2. The Morgan fingerprint density at radius 2 is 0.758 bits per heavy atom. The molecule has 0 unspecified atom stereocenters. The molecule has 0 saturated heterocycles. The van der Waals surface area contributed by atoms with Crippen LogP contribution in [0.1, 0.15) is 144 Å². The molecule has 53 nitrogen and oxygen atoms in total. The van der Waals surface area contributed by atoms with E-state index in [1.54, 1.807) is 108 Å². The van der Waals surface area contributed by atoms with Crippen LogP contribution >= 0.6 is 37.0 Å². The molecule has 4 rings (SSSR count). The summed E-state index contributed by atoms with van der Waals surface area (Å²) in [6.45, 7) is 13.9. The van der Waals surface area contributed by atoms with Gasteiger partial charge in [0.05, 0.1) is 44.5 Å². The van der Waals surface area contributed by atoms with Gasteiger partial charge in [-0.25, -0.2) is 14.8 Å². The lowest BCUT2D eigenvalue weighted by Gasteiger charge is -2.30. The maximum atomic E-state index is 14.9. The van der Waals surface area contributed by atoms with E-state index in [0.29, 0.717) is 28.9 Å². The zero-order valence-corrected chi connectivity index (χ0v) is 87.8. The molecule has 56 heteroatoms. The summed E-state index contributed by atoms with van der Waals surface area (Å²) < 4.78 is 0. The van der Waals surface area contributed by atoms with Crippen LogP contribution in [0.4, 0.5) is 0 Å². The first kappa shape index (κ1) is 127. The van der Waals surface area contributed by atoms with E-state index in [-0.39, 0.29) is 106 Å². The Morgan fingerprint density at radius 1 is 0.396 bits per heavy atom. The number of aliphatic hydroxyl groups is 2. The van der Waals surface area contributed by atoms with Crippen LogP contribution in [0.25, 0.3) is 0 Å². The number of nitrogens with zero attached hydrogens (tertiary/aromatic N) is 2. The van der Waals surface area contributed by atoms with Crippen molar-refractivity contribution in [2.24, 2.45) is 35.0 Å². The molecule has 2 aromatic heterocycles. The second-order valence-electron chi connectivity index (χ2n) is 36.2. The fourth-order valence-electron chi connectivity index (χ4n) is 14.3. The van der Waals surface area contributed by atoms with Gasteiger partial charge in [-0.05, 0) is 114 Å². The van der Waals surface area contributed by atoms with Crippen LogP contribution in [0, 0.1) is 28.6 Å². The quantitative estimate of drug-likeness (QED) is 0.00845. The highest BCUT2D eigenvalue weighted by Gasteiger charge is 2.41. The molecule has 20 atom stereocenters. The Balaban J connectivity index is 1.46. The fourth-order valence-corrected chi connectivity index (χ4v) is 15.2. The molecule has 0 aliphatic carbocycles. The summed E-state index contributed by atoms with van der Waals surface area (Å²) in [5.74, 6) is -21.8. The van der Waals surface area contributed by atoms with E-state index in [2.05, 4.69) is 157 Å². The molecule has 0 aliphatic rings. The van der Waals surface area contributed by atoms with Crippen LogP contribution in [-0.2, 0) is 122 Å². The van der Waals surface area contributed by atoms with Crippen LogP contribution in [-0.4, -0.2) is 337 Å². The summed E-state index contributed by atoms with van der Waals surface area (Å²) in [7, 11) is 0. The van der Waals surface area contributed by atoms with E-state index in [1.807, 2.05) is 0 Å². The molecule has 19 amide bonds. The molecule has 34 N–H and O–H groups in total. The Bertz CT molecular complexity index is 5120. The SMILES string of the molecule is CC[C@H](C)[C@H](NC(=O)[C@H](CC(C)C)NC(=O)[C@H](C)NC(=O)CNC(=O)CNC(=O)[C@H](CS)NC(=O)[C@H](Cc1ccccc1)NC(=O)[C@H](Cc1cnc[nH]1)NC(=O)[C@@H](N)CCCNC(=N)N)C(=O)N[C@@H](Cc1cnc[nH]1)C(=O)N[C@@H](C)C(=O)N[C@@H](CCCNC(=N)N)C(=O)N[C@@H](Cc1ccccc1)C(=O)N[C@H](C(=O)N[C@@H](CCSC)C(=O)N[C@H](C(=O)N[C@@H](C)C(=O)N[C@@H](C)C(=O)N[C@@H](CO)C(=O)N[C@@H](CS)C(=O)O)[C@@H](C)O)C(C)C. The molecule has 4 aromatic rings. The number of carbonyl (C=O) groups is 20. The number of thiol groups is 2. The van der Waals surface area contributed by atoms with Crippen LogP contribution < -0.4 is 129 Å². The number of imidazole rings is 2. The van der Waals surface area contributed by atoms with Crippen molar-refractivity contribution in [1.82, 2.24) is 132 Å². The zero-order chi connectivity index (χ0) is 111. The van der Waals surface area contributed by atoms with Crippen molar-refractivity contribution in [1.29, 1.82) is 10.8 Å². The lowest BCUT2D eigenvalue weighted by molar-refractivity contribution is -0.142. The predicted molar refractivity (Wildman–Crippen MR) is 554 cm³/mol. The highest BCUT2D eigenvalue weighted by molar-refractivity contribution is 7.98. The predicted octanol–water partition coefficient (Wildman–Crippen LogP) is -8.37. The first-order valence-corrected chi connectivity index (χ1v) is 51.0. The number of hydrogen-bond acceptors (Lipinski definition) is 30. The second kappa shape index (κ2) is 66.1. The topological polar surface area (TPSA) is 838 Å². The van der Waals surface area contributed by atoms with Gasteiger partial charge in [0, 0.05) is 74.1 Å². The number of rotatable bonds is 67. The average molecular weight is 2150 g/mol. The number of carboxylic acid groups (broad SMARTS) is 1. The van der Waals surface area contributed by atoms with Gasteiger partial charge in [0.15, 0.2) is 11.9 Å². The van der Waals surface area contributed by atoms with Gasteiger partial charge in [0.25, 0.3) is 0 Å². The summed E-state index contributed by atoms with van der Waals surface area (Å²) >= 11 is 9.40. The average Bonchev–Trinajstić information content (AvgIpc) is 1.77. The smallest absolute Gasteiger partial charge is 0.327 e. The number of hydrogen-bond donors (Lipinski definition) is 33. The highest BCUT2D eigenvalue weighted by Crippen LogP contribution is 2.17. The number of benzene rings is 2. The molecule has 2 aromatic carbocycles. The molecule has 824 valence electrons. The molecule has 0 spiro atoms. The van der Waals surface area contributed by atoms with Crippen molar-refractivity contribution in [2.45, 2.75) is 262 Å². The maximum absolute atomic E-state index is 14.9. The molecule has 0 fully saturated rings. The van der Waals surface area contributed by atoms with Crippen LogP contribution in [0.15, 0.2) is 85.7 Å². The van der Waals surface area contributed by atoms with Gasteiger partial charge in [-0.3, -0.25) is 102 Å². The number of carbonyl (C=O) groups excluding carboxylic acids is 19. The summed E-state index contributed by atoms with van der Waals surface area (Å²) in [6.07, 6.45) is 5.31. The standard InChI is InChI=1S/C93H146N30O23S3/c1-13-48(6)72(122-85(139)61(32-46(2)3)113-75(129)49(7)107-70(127)40-103-69(126)39-104-79(133)67(42-147)119-83(137)62(33-54-22-16-14-17-23-54)116-84(138)65(36-57-38-100-45-106-57)114-78(132)58(94)26-20-29-101-92(95)96)89(143)117-64(35-56-37-99-44-105-56)82(136)109-52(10)76(130)111-59(27-21-30-102-93(97)98)80(134)115-63(34-55-24-18-15-19-25-55)86(140)121-71(47(4)5)88(142)112-60(28-31-149-12)81(135)123-73(53(11)125)90(144)110-50(8)74(128)108-51(9)77(131)118-66(41-124)87(141)120-68(43-148)91(145)146/h14-19,22-25,37-38,44-53,58-68,71-73,124-125,147-148H,13,20-21,26-36,39-43,94H2,1-12H3,(H,99,105)(H,100,106)(H,103,126)(H,104,133)(H,107,127)(H,108,128)(H,109,136)(H,110,144)(H,111,130)(H,112,142)(H,113,129)(H,114,132)(H,115,134)(H,116,138)(H,117,143)(H,118,131)(H,119,137)(H,120,141)(H,121,140)(H,122,139)(H,123,135)(H,145,146)(H4,95,96,101)(H4,97,98,102)/t48-,49-,50-,51-,52-,53+,58-,59-,60-,61-,62-,63-,64-,65-,66-,67-,68-,71-,72-,73-/m0/s1. The molecule has 0 radical (unpaired) electrons. The molecule has 0 saturated carbocycles. The number of guanidine groups is 2. The van der Waals surface area contributed by atoms with Crippen molar-refractivity contribution >= 4 is 167 Å². The van der Waals surface area contributed by atoms with Gasteiger partial charge in [-0.2, -0.15) is 37.0 Å². The van der Waals surface area contributed by atoms with Crippen LogP contribution in [0.5, 0.6) is 0 Å². The van der Waals surface area contributed by atoms with E-state index < -0.39 is 271 Å². The minimum absolute atomic E-state index is 0.00626. The van der Waals surface area contributed by atoms with E-state index in [0.717, 1.165) is 6.92 Å². The highest BCUT2D eigenvalue weighted by atomic mass is 32.2. The third kappa shape index (κ3) is 46.4. The molecule has 0 bridgehead atoms. The van der Waals surface area contributed by atoms with Gasteiger partial charge in [-0.1, -0.05) is 109 Å². The van der Waals surface area contributed by atoms with Crippen molar-refractivity contribution in [3.63, 3.8) is 0 Å². The Morgan fingerprint density at radius 3 is 1.22 bits per heavy atom. The molecule has 2 heterocycles. The molecule has 0 aliphatic heterocycles. The normalized spacial score (nSPS) is 15.1. The van der Waals surface area contributed by atoms with E-state index in [9.17, 15) is 111 Å². The summed E-state index contributed by atoms with van der Waals surface area (Å²) in [6, 6.07) is -9.32. The molecule has 149 heavy (non-hydrogen) atoms. The van der Waals surface area contributed by atoms with Gasteiger partial charge < -0.3 is 154 Å². The maximum Gasteiger partial charge on any atom is 0.327 e. The number of thioether (sulfide) groups is 1. The third-order valence-electron chi connectivity index (χ3n) is 23.0. The summed E-state index contributed by atoms with van der Waals surface area (Å²) in [5, 5.41) is 97.9. The lowest BCUT2D eigenvalue weighted by atomic mass is 9.96. The minimum atomic E-state index is -1.79. The monoisotopic (exact) mass is 2150 g/mol. The molecular weight excluding hydrogens is 2000 g/mol. The Hall–Kier alpha value is -14.3. The largest absolute Gasteiger partial charge is 0.480 e. The number of aromatic amines is 2. The number of aromatic nitrogens is 4. The summed E-state index contributed by atoms with van der Waals surface area (Å²) in [5.41, 5.74) is 19.0. The van der Waals surface area contributed by atoms with E-state index >= 15 is 0 Å². The first-order valence-electron chi connectivity index (χ1n) is 48.3. The second-order valence-corrected chi connectivity index (χ2v) is 37.9. The number of aliphatic hydroxyl groups excluding tert-OH is 2. The van der Waals surface area contributed by atoms with Crippen molar-refractivity contribution < 1.29 is 111 Å². The zero-order valence-electron chi connectivity index (χ0n) is 85.2. The van der Waals surface area contributed by atoms with Crippen molar-refractivity contribution in [3.05, 3.63) is 108 Å². The minimum Gasteiger partial charge on any atom is -0.480 e. The Labute approximate surface area is 877 Å². The first-order chi connectivity index (χ1) is 70.4. The van der Waals surface area contributed by atoms with Crippen molar-refractivity contribution in [3.8, 4) is 0 Å². The third-order valence-corrected chi connectivity index (χ3v) is 24.4. The van der Waals surface area contributed by atoms with Crippen LogP contribution in [0.2, 0.25) is 0 Å². The number of aliphatic carboxylic acids is 1. The lowest BCUT2D eigenvalue weighted by Crippen LogP contribution is -2.62. The van der Waals surface area contributed by atoms with Gasteiger partial charge in [0.2, 0.25) is 112 Å². The number of nitrogens with two attached hydrogens (primary N) is 3. The van der Waals surface area contributed by atoms with E-state index in [1.165, 1.54) is 64.5 Å². The van der Waals surface area contributed by atoms with Crippen molar-refractivity contribution in [2.75, 3.05) is 56.3 Å². The number of nitrogens with one attached hydrogen (secondary N) is 25.